The monoisotopic (exact) mass is 425 g/mol. The van der Waals surface area contributed by atoms with Gasteiger partial charge in [0.2, 0.25) is 0 Å². The maximum Gasteiger partial charge on any atom is 0.265 e. The summed E-state index contributed by atoms with van der Waals surface area (Å²) in [5, 5.41) is 1.98. The van der Waals surface area contributed by atoms with Gasteiger partial charge >= 0.3 is 0 Å². The van der Waals surface area contributed by atoms with Crippen LogP contribution in [-0.4, -0.2) is 32.5 Å². The second kappa shape index (κ2) is 9.93. The smallest absolute Gasteiger partial charge is 0.265 e. The van der Waals surface area contributed by atoms with Gasteiger partial charge in [0.25, 0.3) is 5.91 Å². The van der Waals surface area contributed by atoms with Crippen LogP contribution in [0, 0.1) is 0 Å². The molecule has 3 aromatic rings. The molecule has 156 valence electrons. The first kappa shape index (κ1) is 21.4. The molecule has 0 N–H and O–H groups in total. The molecular weight excluding hydrogens is 402 g/mol. The summed E-state index contributed by atoms with van der Waals surface area (Å²) in [5.41, 5.74) is 1.26. The van der Waals surface area contributed by atoms with Crippen LogP contribution < -0.4 is 19.1 Å². The molecule has 0 aliphatic heterocycles. The average Bonchev–Trinajstić information content (AvgIpc) is 3.29. The minimum absolute atomic E-state index is 0.0717. The molecule has 1 heterocycles. The summed E-state index contributed by atoms with van der Waals surface area (Å²) in [4.78, 5) is 27.3. The Bertz CT molecular complexity index is 999. The predicted molar refractivity (Wildman–Crippen MR) is 117 cm³/mol. The number of ketones is 1. The Morgan fingerprint density at radius 2 is 1.73 bits per heavy atom. The Hall–Kier alpha value is -3.32. The van der Waals surface area contributed by atoms with Gasteiger partial charge in [-0.1, -0.05) is 6.07 Å². The maximum absolute atomic E-state index is 13.1. The van der Waals surface area contributed by atoms with Crippen molar-refractivity contribution in [2.75, 3.05) is 25.7 Å². The molecule has 0 saturated carbocycles. The molecule has 6 nitrogen and oxygen atoms in total. The van der Waals surface area contributed by atoms with Crippen LogP contribution in [0.5, 0.6) is 17.2 Å². The van der Waals surface area contributed by atoms with E-state index in [2.05, 4.69) is 0 Å². The van der Waals surface area contributed by atoms with Crippen LogP contribution in [0.15, 0.2) is 60.0 Å². The molecule has 0 atom stereocenters. The van der Waals surface area contributed by atoms with Crippen LogP contribution in [0.4, 0.5) is 5.69 Å². The number of methoxy groups -OCH3 is 2. The Morgan fingerprint density at radius 3 is 2.33 bits per heavy atom. The molecule has 0 aliphatic rings. The molecule has 0 bridgehead atoms. The number of carbonyl (C=O) groups is 2. The number of hydrogen-bond donors (Lipinski definition) is 0. The van der Waals surface area contributed by atoms with E-state index in [-0.39, 0.29) is 18.3 Å². The van der Waals surface area contributed by atoms with E-state index in [1.165, 1.54) is 14.0 Å². The largest absolute Gasteiger partial charge is 0.497 e. The zero-order valence-electron chi connectivity index (χ0n) is 17.1. The van der Waals surface area contributed by atoms with Gasteiger partial charge in [0.15, 0.2) is 23.9 Å². The van der Waals surface area contributed by atoms with Crippen LogP contribution in [-0.2, 0) is 11.3 Å². The fraction of sp³-hybridized carbons (Fsp3) is 0.217. The van der Waals surface area contributed by atoms with Gasteiger partial charge in [-0.3, -0.25) is 9.59 Å². The Labute approximate surface area is 179 Å². The van der Waals surface area contributed by atoms with E-state index in [4.69, 9.17) is 14.2 Å². The molecule has 0 saturated heterocycles. The van der Waals surface area contributed by atoms with Gasteiger partial charge in [0.05, 0.1) is 20.8 Å². The Kier molecular flexibility index (Phi) is 7.08. The summed E-state index contributed by atoms with van der Waals surface area (Å²) in [6.07, 6.45) is 0. The lowest BCUT2D eigenvalue weighted by atomic mass is 10.1. The van der Waals surface area contributed by atoms with Crippen LogP contribution in [0.3, 0.4) is 0 Å². The number of nitrogens with zero attached hydrogens (tertiary/aromatic N) is 1. The van der Waals surface area contributed by atoms with E-state index in [0.29, 0.717) is 29.4 Å². The molecular formula is C23H23NO5S. The van der Waals surface area contributed by atoms with Crippen molar-refractivity contribution in [3.8, 4) is 17.2 Å². The number of amides is 1. The van der Waals surface area contributed by atoms with E-state index < -0.39 is 0 Å². The second-order valence-electron chi connectivity index (χ2n) is 6.47. The van der Waals surface area contributed by atoms with Gasteiger partial charge in [0.1, 0.15) is 5.75 Å². The van der Waals surface area contributed by atoms with Crippen molar-refractivity contribution < 1.29 is 23.8 Å². The van der Waals surface area contributed by atoms with Gasteiger partial charge < -0.3 is 19.1 Å². The van der Waals surface area contributed by atoms with Gasteiger partial charge in [-0.25, -0.2) is 0 Å². The van der Waals surface area contributed by atoms with Crippen molar-refractivity contribution in [2.45, 2.75) is 13.5 Å². The molecule has 2 aromatic carbocycles. The highest BCUT2D eigenvalue weighted by atomic mass is 32.1. The quantitative estimate of drug-likeness (QED) is 0.470. The molecule has 0 radical (unpaired) electrons. The van der Waals surface area contributed by atoms with Crippen LogP contribution >= 0.6 is 11.3 Å². The van der Waals surface area contributed by atoms with E-state index in [1.54, 1.807) is 41.5 Å². The fourth-order valence-electron chi connectivity index (χ4n) is 2.87. The van der Waals surface area contributed by atoms with Gasteiger partial charge in [-0.2, -0.15) is 0 Å². The lowest BCUT2D eigenvalue weighted by molar-refractivity contribution is -0.120. The number of benzene rings is 2. The molecule has 0 spiro atoms. The van der Waals surface area contributed by atoms with Crippen molar-refractivity contribution in [3.05, 3.63) is 70.4 Å². The van der Waals surface area contributed by atoms with Gasteiger partial charge in [0, 0.05) is 16.1 Å². The molecule has 30 heavy (non-hydrogen) atoms. The van der Waals surface area contributed by atoms with E-state index in [9.17, 15) is 9.59 Å². The summed E-state index contributed by atoms with van der Waals surface area (Å²) in [6, 6.07) is 16.1. The Balaban J connectivity index is 1.78. The second-order valence-corrected chi connectivity index (χ2v) is 7.50. The average molecular weight is 426 g/mol. The third-order valence-corrected chi connectivity index (χ3v) is 5.36. The standard InChI is InChI=1S/C23H23NO5S/c1-16(25)17-6-11-21(22(13-17)28-3)29-15-23(26)24(14-20-5-4-12-30-20)18-7-9-19(27-2)10-8-18/h4-13H,14-15H2,1-3H3. The fourth-order valence-corrected chi connectivity index (χ4v) is 3.56. The summed E-state index contributed by atoms with van der Waals surface area (Å²) < 4.78 is 16.3. The van der Waals surface area contributed by atoms with Crippen molar-refractivity contribution in [3.63, 3.8) is 0 Å². The minimum Gasteiger partial charge on any atom is -0.497 e. The lowest BCUT2D eigenvalue weighted by Gasteiger charge is -2.23. The number of thiophene rings is 1. The SMILES string of the molecule is COc1ccc(N(Cc2cccs2)C(=O)COc2ccc(C(C)=O)cc2OC)cc1. The number of Topliss-reactive ketones (excluding diaryl/α,β-unsaturated/α-hetero) is 1. The third-order valence-electron chi connectivity index (χ3n) is 4.50. The van der Waals surface area contributed by atoms with Gasteiger partial charge in [-0.05, 0) is 60.8 Å². The summed E-state index contributed by atoms with van der Waals surface area (Å²) in [7, 11) is 3.09. The molecule has 7 heteroatoms. The van der Waals surface area contributed by atoms with Gasteiger partial charge in [-0.15, -0.1) is 11.3 Å². The summed E-state index contributed by atoms with van der Waals surface area (Å²) in [6.45, 7) is 1.75. The zero-order chi connectivity index (χ0) is 21.5. The van der Waals surface area contributed by atoms with E-state index >= 15 is 0 Å². The van der Waals surface area contributed by atoms with Crippen molar-refractivity contribution >= 4 is 28.7 Å². The topological polar surface area (TPSA) is 65.1 Å². The molecule has 3 rings (SSSR count). The number of hydrogen-bond acceptors (Lipinski definition) is 6. The highest BCUT2D eigenvalue weighted by Crippen LogP contribution is 2.29. The number of ether oxygens (including phenoxy) is 3. The summed E-state index contributed by atoms with van der Waals surface area (Å²) >= 11 is 1.58. The van der Waals surface area contributed by atoms with Crippen molar-refractivity contribution in [2.24, 2.45) is 0 Å². The van der Waals surface area contributed by atoms with Crippen LogP contribution in [0.25, 0.3) is 0 Å². The van der Waals surface area contributed by atoms with Crippen LogP contribution in [0.2, 0.25) is 0 Å². The molecule has 1 amide bonds. The third kappa shape index (κ3) is 5.18. The molecule has 0 aliphatic carbocycles. The zero-order valence-corrected chi connectivity index (χ0v) is 17.9. The normalized spacial score (nSPS) is 10.4. The summed E-state index contributed by atoms with van der Waals surface area (Å²) in [5.74, 6) is 1.25. The molecule has 0 unspecified atom stereocenters. The number of anilines is 1. The molecule has 0 fully saturated rings. The first-order chi connectivity index (χ1) is 14.5. The van der Waals surface area contributed by atoms with Crippen molar-refractivity contribution in [1.82, 2.24) is 0 Å². The highest BCUT2D eigenvalue weighted by molar-refractivity contribution is 7.09. The minimum atomic E-state index is -0.203. The maximum atomic E-state index is 13.1. The predicted octanol–water partition coefficient (Wildman–Crippen LogP) is 4.58. The van der Waals surface area contributed by atoms with Crippen molar-refractivity contribution in [1.29, 1.82) is 0 Å². The first-order valence-corrected chi connectivity index (χ1v) is 10.2. The Morgan fingerprint density at radius 1 is 0.967 bits per heavy atom. The highest BCUT2D eigenvalue weighted by Gasteiger charge is 2.19. The number of rotatable bonds is 9. The van der Waals surface area contributed by atoms with Crippen LogP contribution in [0.1, 0.15) is 22.2 Å². The molecule has 1 aromatic heterocycles. The lowest BCUT2D eigenvalue weighted by Crippen LogP contribution is -2.34. The van der Waals surface area contributed by atoms with E-state index in [0.717, 1.165) is 10.6 Å². The number of carbonyl (C=O) groups excluding carboxylic acids is 2. The van der Waals surface area contributed by atoms with E-state index in [1.807, 2.05) is 41.8 Å². The first-order valence-electron chi connectivity index (χ1n) is 9.30.